The Morgan fingerprint density at radius 1 is 1.09 bits per heavy atom. The topological polar surface area (TPSA) is 105 Å². The first kappa shape index (κ1) is 26.9. The standard InChI is InChI=1S/C23H32ClN7O3S/c1-15-12-16(2)27-22(26-15)29-21(25-6-5-7-31-8-10-34-11-9-31)30-23(35)28-18-14-19(32-3)17(24)13-20(18)33-4/h12-14H,5-11H2,1-4H3,(H3,25,26,27,28,29,30,35). The number of guanidine groups is 1. The van der Waals surface area contributed by atoms with Gasteiger partial charge in [-0.1, -0.05) is 11.6 Å². The number of aryl methyl sites for hydroxylation is 2. The Kier molecular flexibility index (Phi) is 10.3. The highest BCUT2D eigenvalue weighted by Crippen LogP contribution is 2.35. The molecule has 1 aliphatic heterocycles. The maximum atomic E-state index is 6.21. The Morgan fingerprint density at radius 2 is 1.77 bits per heavy atom. The summed E-state index contributed by atoms with van der Waals surface area (Å²) in [6, 6.07) is 5.28. The number of morpholine rings is 1. The highest BCUT2D eigenvalue weighted by molar-refractivity contribution is 7.80. The van der Waals surface area contributed by atoms with Gasteiger partial charge in [0.25, 0.3) is 0 Å². The average Bonchev–Trinajstić information content (AvgIpc) is 2.82. The number of ether oxygens (including phenoxy) is 3. The van der Waals surface area contributed by atoms with Gasteiger partial charge in [0.15, 0.2) is 5.11 Å². The van der Waals surface area contributed by atoms with Crippen LogP contribution in [0.2, 0.25) is 5.02 Å². The van der Waals surface area contributed by atoms with E-state index < -0.39 is 0 Å². The molecule has 0 saturated carbocycles. The number of nitrogens with one attached hydrogen (secondary N) is 3. The zero-order valence-electron chi connectivity index (χ0n) is 20.5. The molecule has 0 spiro atoms. The number of anilines is 2. The Bertz CT molecular complexity index is 1030. The molecule has 190 valence electrons. The summed E-state index contributed by atoms with van der Waals surface area (Å²) in [6.07, 6.45) is 0.892. The molecule has 12 heteroatoms. The van der Waals surface area contributed by atoms with E-state index in [4.69, 9.17) is 38.0 Å². The fraction of sp³-hybridized carbons (Fsp3) is 0.478. The maximum Gasteiger partial charge on any atom is 0.229 e. The van der Waals surface area contributed by atoms with Gasteiger partial charge in [0, 0.05) is 49.7 Å². The molecule has 3 N–H and O–H groups in total. The van der Waals surface area contributed by atoms with E-state index in [2.05, 4.69) is 35.8 Å². The molecule has 1 aromatic heterocycles. The van der Waals surface area contributed by atoms with Gasteiger partial charge in [-0.05, 0) is 38.6 Å². The largest absolute Gasteiger partial charge is 0.495 e. The van der Waals surface area contributed by atoms with Gasteiger partial charge in [-0.2, -0.15) is 0 Å². The summed E-state index contributed by atoms with van der Waals surface area (Å²) in [4.78, 5) is 16.0. The van der Waals surface area contributed by atoms with Crippen LogP contribution in [0, 0.1) is 13.8 Å². The first-order chi connectivity index (χ1) is 16.9. The van der Waals surface area contributed by atoms with Crippen LogP contribution in [0.25, 0.3) is 0 Å². The molecule has 1 fully saturated rings. The van der Waals surface area contributed by atoms with Gasteiger partial charge in [-0.3, -0.25) is 15.2 Å². The SMILES string of the molecule is COc1cc(NC(=S)NC(=NCCCN2CCOCC2)Nc2nc(C)cc(C)n2)c(OC)cc1Cl. The average molecular weight is 522 g/mol. The van der Waals surface area contributed by atoms with Crippen molar-refractivity contribution < 1.29 is 14.2 Å². The van der Waals surface area contributed by atoms with Crippen LogP contribution < -0.4 is 25.4 Å². The van der Waals surface area contributed by atoms with Gasteiger partial charge in [-0.15, -0.1) is 0 Å². The molecule has 3 rings (SSSR count). The van der Waals surface area contributed by atoms with Gasteiger partial charge >= 0.3 is 0 Å². The minimum atomic E-state index is 0.302. The van der Waals surface area contributed by atoms with E-state index in [1.165, 1.54) is 0 Å². The number of nitrogens with zero attached hydrogens (tertiary/aromatic N) is 4. The maximum absolute atomic E-state index is 6.21. The number of aromatic nitrogens is 2. The first-order valence-corrected chi connectivity index (χ1v) is 12.1. The number of methoxy groups -OCH3 is 2. The second-order valence-electron chi connectivity index (χ2n) is 7.90. The van der Waals surface area contributed by atoms with E-state index >= 15 is 0 Å². The third kappa shape index (κ3) is 8.46. The summed E-state index contributed by atoms with van der Waals surface area (Å²) in [5.74, 6) is 1.90. The number of hydrogen-bond donors (Lipinski definition) is 3. The van der Waals surface area contributed by atoms with Crippen molar-refractivity contribution >= 4 is 46.5 Å². The van der Waals surface area contributed by atoms with Crippen LogP contribution in [-0.4, -0.2) is 79.6 Å². The minimum Gasteiger partial charge on any atom is -0.495 e. The lowest BCUT2D eigenvalue weighted by Crippen LogP contribution is -2.39. The Balaban J connectivity index is 1.70. The summed E-state index contributed by atoms with van der Waals surface area (Å²) < 4.78 is 16.1. The third-order valence-corrected chi connectivity index (χ3v) is 5.67. The highest BCUT2D eigenvalue weighted by Gasteiger charge is 2.13. The first-order valence-electron chi connectivity index (χ1n) is 11.3. The van der Waals surface area contributed by atoms with Crippen LogP contribution in [0.15, 0.2) is 23.2 Å². The van der Waals surface area contributed by atoms with Crippen molar-refractivity contribution in [2.75, 3.05) is 64.2 Å². The van der Waals surface area contributed by atoms with E-state index in [9.17, 15) is 0 Å². The predicted molar refractivity (Wildman–Crippen MR) is 143 cm³/mol. The van der Waals surface area contributed by atoms with Gasteiger partial charge < -0.3 is 24.8 Å². The van der Waals surface area contributed by atoms with Gasteiger partial charge in [0.2, 0.25) is 11.9 Å². The van der Waals surface area contributed by atoms with Gasteiger partial charge in [0.05, 0.1) is 38.1 Å². The summed E-state index contributed by atoms with van der Waals surface area (Å²) in [5, 5.41) is 10.1. The number of aliphatic imine (C=N–C) groups is 1. The van der Waals surface area contributed by atoms with Crippen molar-refractivity contribution in [3.05, 3.63) is 34.6 Å². The zero-order chi connectivity index (χ0) is 25.2. The lowest BCUT2D eigenvalue weighted by molar-refractivity contribution is 0.0377. The van der Waals surface area contributed by atoms with Crippen LogP contribution in [0.1, 0.15) is 17.8 Å². The molecule has 2 heterocycles. The van der Waals surface area contributed by atoms with Crippen LogP contribution in [-0.2, 0) is 4.74 Å². The third-order valence-electron chi connectivity index (χ3n) is 5.17. The fourth-order valence-corrected chi connectivity index (χ4v) is 3.96. The number of thiocarbonyl (C=S) groups is 1. The lowest BCUT2D eigenvalue weighted by atomic mass is 10.2. The van der Waals surface area contributed by atoms with Crippen molar-refractivity contribution in [1.82, 2.24) is 20.2 Å². The number of rotatable bonds is 8. The summed E-state index contributed by atoms with van der Waals surface area (Å²) >= 11 is 11.8. The smallest absolute Gasteiger partial charge is 0.229 e. The molecule has 0 unspecified atom stereocenters. The number of halogens is 1. The normalized spacial score (nSPS) is 14.4. The van der Waals surface area contributed by atoms with Crippen LogP contribution >= 0.6 is 23.8 Å². The zero-order valence-corrected chi connectivity index (χ0v) is 22.1. The Labute approximate surface area is 216 Å². The van der Waals surface area contributed by atoms with Crippen molar-refractivity contribution in [2.24, 2.45) is 4.99 Å². The molecule has 35 heavy (non-hydrogen) atoms. The van der Waals surface area contributed by atoms with Crippen LogP contribution in [0.3, 0.4) is 0 Å². The monoisotopic (exact) mass is 521 g/mol. The molecular formula is C23H32ClN7O3S. The summed E-state index contributed by atoms with van der Waals surface area (Å²) in [6.45, 7) is 8.83. The Hall–Kier alpha value is -2.73. The number of hydrogen-bond acceptors (Lipinski definition) is 8. The fourth-order valence-electron chi connectivity index (χ4n) is 3.53. The van der Waals surface area contributed by atoms with Crippen LogP contribution in [0.4, 0.5) is 11.6 Å². The van der Waals surface area contributed by atoms with Crippen molar-refractivity contribution in [3.63, 3.8) is 0 Å². The van der Waals surface area contributed by atoms with Crippen molar-refractivity contribution in [1.29, 1.82) is 0 Å². The van der Waals surface area contributed by atoms with Crippen molar-refractivity contribution in [3.8, 4) is 11.5 Å². The lowest BCUT2D eigenvalue weighted by Gasteiger charge is -2.26. The molecule has 0 atom stereocenters. The van der Waals surface area contributed by atoms with E-state index in [-0.39, 0.29) is 0 Å². The molecule has 1 aliphatic rings. The molecule has 0 aliphatic carbocycles. The van der Waals surface area contributed by atoms with E-state index in [0.717, 1.165) is 50.7 Å². The Morgan fingerprint density at radius 3 is 2.43 bits per heavy atom. The predicted octanol–water partition coefficient (Wildman–Crippen LogP) is 3.24. The number of benzene rings is 1. The summed E-state index contributed by atoms with van der Waals surface area (Å²) in [7, 11) is 3.10. The highest BCUT2D eigenvalue weighted by atomic mass is 35.5. The van der Waals surface area contributed by atoms with E-state index in [1.54, 1.807) is 26.4 Å². The molecule has 0 amide bonds. The second-order valence-corrected chi connectivity index (χ2v) is 8.72. The molecule has 10 nitrogen and oxygen atoms in total. The molecule has 0 bridgehead atoms. The van der Waals surface area contributed by atoms with Gasteiger partial charge in [0.1, 0.15) is 11.5 Å². The molecular weight excluding hydrogens is 490 g/mol. The second kappa shape index (κ2) is 13.4. The molecule has 1 saturated heterocycles. The molecule has 2 aromatic rings. The van der Waals surface area contributed by atoms with Crippen molar-refractivity contribution in [2.45, 2.75) is 20.3 Å². The van der Waals surface area contributed by atoms with E-state index in [0.29, 0.717) is 45.8 Å². The molecule has 0 radical (unpaired) electrons. The van der Waals surface area contributed by atoms with Crippen LogP contribution in [0.5, 0.6) is 11.5 Å². The minimum absolute atomic E-state index is 0.302. The summed E-state index contributed by atoms with van der Waals surface area (Å²) in [5.41, 5.74) is 2.30. The molecule has 1 aromatic carbocycles. The quantitative estimate of drug-likeness (QED) is 0.207. The van der Waals surface area contributed by atoms with Gasteiger partial charge in [-0.25, -0.2) is 9.97 Å². The van der Waals surface area contributed by atoms with E-state index in [1.807, 2.05) is 19.9 Å².